The van der Waals surface area contributed by atoms with Crippen LogP contribution in [0.4, 0.5) is 10.2 Å². The lowest BCUT2D eigenvalue weighted by Gasteiger charge is -2.33. The minimum absolute atomic E-state index is 0.268. The van der Waals surface area contributed by atoms with Gasteiger partial charge in [-0.25, -0.2) is 9.37 Å². The van der Waals surface area contributed by atoms with Crippen LogP contribution < -0.4 is 5.32 Å². The van der Waals surface area contributed by atoms with Crippen LogP contribution in [0.25, 0.3) is 21.9 Å². The van der Waals surface area contributed by atoms with Crippen molar-refractivity contribution in [3.05, 3.63) is 54.9 Å². The summed E-state index contributed by atoms with van der Waals surface area (Å²) in [5, 5.41) is 9.27. The molecule has 0 radical (unpaired) electrons. The number of hydrogen-bond donors (Lipinski definition) is 1. The second-order valence-corrected chi connectivity index (χ2v) is 8.77. The van der Waals surface area contributed by atoms with Crippen molar-refractivity contribution < 1.29 is 4.39 Å². The monoisotopic (exact) mass is 407 g/mol. The van der Waals surface area contributed by atoms with Crippen molar-refractivity contribution in [2.45, 2.75) is 26.7 Å². The summed E-state index contributed by atoms with van der Waals surface area (Å²) in [4.78, 5) is 7.02. The molecule has 4 rings (SSSR count). The van der Waals surface area contributed by atoms with Crippen LogP contribution in [-0.4, -0.2) is 39.3 Å². The van der Waals surface area contributed by atoms with Crippen molar-refractivity contribution in [3.8, 4) is 11.1 Å². The van der Waals surface area contributed by atoms with E-state index in [1.165, 1.54) is 6.07 Å². The van der Waals surface area contributed by atoms with Gasteiger partial charge in [0.1, 0.15) is 11.6 Å². The highest BCUT2D eigenvalue weighted by molar-refractivity contribution is 5.88. The van der Waals surface area contributed by atoms with Gasteiger partial charge in [0, 0.05) is 54.1 Å². The van der Waals surface area contributed by atoms with Crippen molar-refractivity contribution >= 4 is 16.6 Å². The van der Waals surface area contributed by atoms with E-state index >= 15 is 0 Å². The summed E-state index contributed by atoms with van der Waals surface area (Å²) in [6, 6.07) is 5.36. The molecule has 0 aliphatic carbocycles. The standard InChI is InChI=1S/C24H30FN5/c1-16(2)14-30-7-5-18(6-8-30)17(3)28-24-11-19-9-22(21-13-27-29(4)15-21)23(25)10-20(19)12-26-24/h9-13,15-16,18H,3,5-8,14H2,1-2,4H3,(H,26,28). The smallest absolute Gasteiger partial charge is 0.131 e. The molecule has 1 saturated heterocycles. The number of piperidine rings is 1. The number of fused-ring (bicyclic) bond motifs is 1. The third-order valence-corrected chi connectivity index (χ3v) is 5.82. The molecular weight excluding hydrogens is 377 g/mol. The summed E-state index contributed by atoms with van der Waals surface area (Å²) in [5.41, 5.74) is 2.32. The second kappa shape index (κ2) is 8.56. The molecular formula is C24H30FN5. The molecule has 158 valence electrons. The minimum Gasteiger partial charge on any atom is -0.344 e. The molecule has 3 heterocycles. The number of halogens is 1. The summed E-state index contributed by atoms with van der Waals surface area (Å²) in [7, 11) is 1.83. The number of aromatic nitrogens is 3. The number of likely N-dealkylation sites (tertiary alicyclic amines) is 1. The van der Waals surface area contributed by atoms with Crippen LogP contribution in [0.5, 0.6) is 0 Å². The Kier molecular flexibility index (Phi) is 5.86. The molecule has 3 aromatic rings. The van der Waals surface area contributed by atoms with Gasteiger partial charge in [-0.15, -0.1) is 0 Å². The van der Waals surface area contributed by atoms with E-state index in [4.69, 9.17) is 0 Å². The first-order valence-electron chi connectivity index (χ1n) is 10.7. The highest BCUT2D eigenvalue weighted by Gasteiger charge is 2.22. The van der Waals surface area contributed by atoms with Crippen LogP contribution in [0.3, 0.4) is 0 Å². The average Bonchev–Trinajstić information content (AvgIpc) is 3.14. The molecule has 0 bridgehead atoms. The molecule has 1 fully saturated rings. The van der Waals surface area contributed by atoms with Crippen LogP contribution in [0, 0.1) is 17.7 Å². The van der Waals surface area contributed by atoms with Crippen molar-refractivity contribution in [2.24, 2.45) is 18.9 Å². The molecule has 0 saturated carbocycles. The molecule has 0 amide bonds. The zero-order valence-corrected chi connectivity index (χ0v) is 18.0. The van der Waals surface area contributed by atoms with Gasteiger partial charge < -0.3 is 10.2 Å². The van der Waals surface area contributed by atoms with E-state index in [1.54, 1.807) is 17.1 Å². The van der Waals surface area contributed by atoms with Gasteiger partial charge in [0.2, 0.25) is 0 Å². The third-order valence-electron chi connectivity index (χ3n) is 5.82. The Morgan fingerprint density at radius 2 is 1.97 bits per heavy atom. The lowest BCUT2D eigenvalue weighted by Crippen LogP contribution is -2.37. The number of aryl methyl sites for hydroxylation is 1. The van der Waals surface area contributed by atoms with E-state index in [0.29, 0.717) is 17.4 Å². The van der Waals surface area contributed by atoms with Gasteiger partial charge in [-0.3, -0.25) is 4.68 Å². The fourth-order valence-corrected chi connectivity index (χ4v) is 4.26. The zero-order chi connectivity index (χ0) is 21.3. The number of rotatable bonds is 6. The van der Waals surface area contributed by atoms with Crippen LogP contribution in [0.15, 0.2) is 49.1 Å². The number of allylic oxidation sites excluding steroid dienone is 1. The lowest BCUT2D eigenvalue weighted by atomic mass is 9.93. The predicted molar refractivity (Wildman–Crippen MR) is 121 cm³/mol. The third kappa shape index (κ3) is 4.54. The topological polar surface area (TPSA) is 46.0 Å². The molecule has 6 heteroatoms. The van der Waals surface area contributed by atoms with E-state index in [-0.39, 0.29) is 5.82 Å². The van der Waals surface area contributed by atoms with Gasteiger partial charge in [0.15, 0.2) is 0 Å². The number of benzene rings is 1. The van der Waals surface area contributed by atoms with E-state index in [1.807, 2.05) is 25.4 Å². The van der Waals surface area contributed by atoms with E-state index < -0.39 is 0 Å². The summed E-state index contributed by atoms with van der Waals surface area (Å²) < 4.78 is 16.3. The summed E-state index contributed by atoms with van der Waals surface area (Å²) in [6.45, 7) is 12.2. The van der Waals surface area contributed by atoms with Gasteiger partial charge in [-0.05, 0) is 55.4 Å². The summed E-state index contributed by atoms with van der Waals surface area (Å²) in [5.74, 6) is 1.63. The SMILES string of the molecule is C=C(Nc1cc2cc(-c3cnn(C)c3)c(F)cc2cn1)C1CCN(CC(C)C)CC1. The maximum atomic E-state index is 14.6. The van der Waals surface area contributed by atoms with Crippen molar-refractivity contribution in [2.75, 3.05) is 25.0 Å². The van der Waals surface area contributed by atoms with E-state index in [9.17, 15) is 4.39 Å². The average molecular weight is 408 g/mol. The molecule has 0 spiro atoms. The number of nitrogens with one attached hydrogen (secondary N) is 1. The van der Waals surface area contributed by atoms with Gasteiger partial charge in [-0.2, -0.15) is 5.10 Å². The Bertz CT molecular complexity index is 1050. The molecule has 1 aliphatic heterocycles. The fraction of sp³-hybridized carbons (Fsp3) is 0.417. The quantitative estimate of drug-likeness (QED) is 0.620. The molecule has 1 aliphatic rings. The number of pyridine rings is 1. The van der Waals surface area contributed by atoms with Crippen LogP contribution >= 0.6 is 0 Å². The Morgan fingerprint density at radius 1 is 1.20 bits per heavy atom. The first-order valence-corrected chi connectivity index (χ1v) is 10.7. The molecule has 2 aromatic heterocycles. The van der Waals surface area contributed by atoms with E-state index in [2.05, 4.69) is 40.7 Å². The van der Waals surface area contributed by atoms with Crippen molar-refractivity contribution in [1.82, 2.24) is 19.7 Å². The van der Waals surface area contributed by atoms with Gasteiger partial charge >= 0.3 is 0 Å². The first-order chi connectivity index (χ1) is 14.4. The van der Waals surface area contributed by atoms with Crippen molar-refractivity contribution in [1.29, 1.82) is 0 Å². The number of hydrogen-bond acceptors (Lipinski definition) is 4. The summed E-state index contributed by atoms with van der Waals surface area (Å²) >= 11 is 0. The molecule has 1 N–H and O–H groups in total. The minimum atomic E-state index is -0.268. The zero-order valence-electron chi connectivity index (χ0n) is 18.0. The maximum absolute atomic E-state index is 14.6. The Morgan fingerprint density at radius 3 is 2.63 bits per heavy atom. The largest absolute Gasteiger partial charge is 0.344 e. The number of anilines is 1. The Labute approximate surface area is 177 Å². The lowest BCUT2D eigenvalue weighted by molar-refractivity contribution is 0.181. The highest BCUT2D eigenvalue weighted by atomic mass is 19.1. The Balaban J connectivity index is 1.48. The Hall–Kier alpha value is -2.73. The number of nitrogens with zero attached hydrogens (tertiary/aromatic N) is 4. The van der Waals surface area contributed by atoms with Gasteiger partial charge in [0.25, 0.3) is 0 Å². The van der Waals surface area contributed by atoms with E-state index in [0.717, 1.165) is 60.3 Å². The predicted octanol–water partition coefficient (Wildman–Crippen LogP) is 5.07. The molecule has 5 nitrogen and oxygen atoms in total. The normalized spacial score (nSPS) is 15.8. The van der Waals surface area contributed by atoms with Crippen molar-refractivity contribution in [3.63, 3.8) is 0 Å². The summed E-state index contributed by atoms with van der Waals surface area (Å²) in [6.07, 6.45) is 7.44. The van der Waals surface area contributed by atoms with Crippen LogP contribution in [-0.2, 0) is 7.05 Å². The molecule has 1 aromatic carbocycles. The fourth-order valence-electron chi connectivity index (χ4n) is 4.26. The molecule has 30 heavy (non-hydrogen) atoms. The van der Waals surface area contributed by atoms with Crippen LogP contribution in [0.1, 0.15) is 26.7 Å². The highest BCUT2D eigenvalue weighted by Crippen LogP contribution is 2.30. The maximum Gasteiger partial charge on any atom is 0.131 e. The molecule has 0 atom stereocenters. The molecule has 0 unspecified atom stereocenters. The van der Waals surface area contributed by atoms with Gasteiger partial charge in [0.05, 0.1) is 6.20 Å². The second-order valence-electron chi connectivity index (χ2n) is 8.77. The first kappa shape index (κ1) is 20.5. The van der Waals surface area contributed by atoms with Crippen LogP contribution in [0.2, 0.25) is 0 Å². The van der Waals surface area contributed by atoms with Gasteiger partial charge in [-0.1, -0.05) is 20.4 Å².